The molecule has 0 spiro atoms. The Bertz CT molecular complexity index is 441. The van der Waals surface area contributed by atoms with E-state index in [0.717, 1.165) is 11.3 Å². The van der Waals surface area contributed by atoms with Crippen LogP contribution in [0.1, 0.15) is 43.9 Å². The lowest BCUT2D eigenvalue weighted by molar-refractivity contribution is -0.153. The first-order valence-corrected chi connectivity index (χ1v) is 6.54. The summed E-state index contributed by atoms with van der Waals surface area (Å²) in [6, 6.07) is 5.82. The number of carbonyl (C=O) groups excluding carboxylic acids is 1. The number of esters is 1. The normalized spacial score (nSPS) is 12.4. The van der Waals surface area contributed by atoms with E-state index in [4.69, 9.17) is 4.74 Å². The summed E-state index contributed by atoms with van der Waals surface area (Å²) in [5.74, 6) is -0.268. The monoisotopic (exact) mass is 265 g/mol. The standard InChI is InChI=1S/C15H23NO3/c1-6-19-15(18)14(17)12-9-11(10(2)3)7-8-13(12)16(4)5/h7-10,14,17H,6H2,1-5H3. The first-order chi connectivity index (χ1) is 8.88. The molecule has 1 aromatic carbocycles. The van der Waals surface area contributed by atoms with E-state index in [1.165, 1.54) is 0 Å². The fraction of sp³-hybridized carbons (Fsp3) is 0.533. The van der Waals surface area contributed by atoms with Crippen molar-refractivity contribution in [2.45, 2.75) is 32.8 Å². The highest BCUT2D eigenvalue weighted by Crippen LogP contribution is 2.29. The smallest absolute Gasteiger partial charge is 0.339 e. The van der Waals surface area contributed by atoms with Gasteiger partial charge in [0.2, 0.25) is 0 Å². The second-order valence-electron chi connectivity index (χ2n) is 5.02. The Morgan fingerprint density at radius 3 is 2.47 bits per heavy atom. The van der Waals surface area contributed by atoms with Crippen LogP contribution in [-0.2, 0) is 9.53 Å². The van der Waals surface area contributed by atoms with Crippen LogP contribution in [0.5, 0.6) is 0 Å². The van der Waals surface area contributed by atoms with Crippen LogP contribution in [0, 0.1) is 0 Å². The predicted molar refractivity (Wildman–Crippen MR) is 76.5 cm³/mol. The highest BCUT2D eigenvalue weighted by atomic mass is 16.5. The summed E-state index contributed by atoms with van der Waals surface area (Å²) in [5, 5.41) is 10.2. The number of nitrogens with zero attached hydrogens (tertiary/aromatic N) is 1. The van der Waals surface area contributed by atoms with E-state index < -0.39 is 12.1 Å². The van der Waals surface area contributed by atoms with Crippen LogP contribution in [0.2, 0.25) is 0 Å². The summed E-state index contributed by atoms with van der Waals surface area (Å²) in [6.45, 7) is 6.13. The third-order valence-electron chi connectivity index (χ3n) is 3.00. The van der Waals surface area contributed by atoms with Crippen molar-refractivity contribution in [1.29, 1.82) is 0 Å². The van der Waals surface area contributed by atoms with Gasteiger partial charge in [0.05, 0.1) is 6.61 Å². The Morgan fingerprint density at radius 1 is 1.37 bits per heavy atom. The molecule has 0 amide bonds. The van der Waals surface area contributed by atoms with Gasteiger partial charge in [-0.1, -0.05) is 26.0 Å². The molecule has 0 radical (unpaired) electrons. The van der Waals surface area contributed by atoms with E-state index >= 15 is 0 Å². The molecule has 4 nitrogen and oxygen atoms in total. The molecule has 1 unspecified atom stereocenters. The van der Waals surface area contributed by atoms with E-state index in [9.17, 15) is 9.90 Å². The second-order valence-corrected chi connectivity index (χ2v) is 5.02. The van der Waals surface area contributed by atoms with Crippen molar-refractivity contribution < 1.29 is 14.6 Å². The Morgan fingerprint density at radius 2 is 2.00 bits per heavy atom. The van der Waals surface area contributed by atoms with E-state index in [0.29, 0.717) is 11.5 Å². The molecule has 0 fully saturated rings. The van der Waals surface area contributed by atoms with E-state index in [2.05, 4.69) is 13.8 Å². The van der Waals surface area contributed by atoms with E-state index in [1.54, 1.807) is 6.92 Å². The van der Waals surface area contributed by atoms with E-state index in [1.807, 2.05) is 37.2 Å². The van der Waals surface area contributed by atoms with Gasteiger partial charge >= 0.3 is 5.97 Å². The molecule has 1 atom stereocenters. The minimum absolute atomic E-state index is 0.261. The van der Waals surface area contributed by atoms with Gasteiger partial charge in [-0.3, -0.25) is 0 Å². The number of benzene rings is 1. The van der Waals surface area contributed by atoms with Crippen LogP contribution in [0.3, 0.4) is 0 Å². The third-order valence-corrected chi connectivity index (χ3v) is 3.00. The number of rotatable bonds is 5. The third kappa shape index (κ3) is 3.70. The molecule has 0 aliphatic heterocycles. The maximum Gasteiger partial charge on any atom is 0.339 e. The number of aliphatic hydroxyl groups is 1. The van der Waals surface area contributed by atoms with Gasteiger partial charge < -0.3 is 14.7 Å². The Hall–Kier alpha value is -1.55. The highest BCUT2D eigenvalue weighted by Gasteiger charge is 2.23. The average molecular weight is 265 g/mol. The van der Waals surface area contributed by atoms with Gasteiger partial charge in [-0.25, -0.2) is 4.79 Å². The van der Waals surface area contributed by atoms with Crippen molar-refractivity contribution in [2.75, 3.05) is 25.6 Å². The van der Waals surface area contributed by atoms with E-state index in [-0.39, 0.29) is 6.61 Å². The summed E-state index contributed by atoms with van der Waals surface area (Å²) in [5.41, 5.74) is 2.50. The van der Waals surface area contributed by atoms with Crippen molar-refractivity contribution in [1.82, 2.24) is 0 Å². The summed E-state index contributed by atoms with van der Waals surface area (Å²) in [6.07, 6.45) is -1.24. The van der Waals surface area contributed by atoms with Crippen molar-refractivity contribution in [3.05, 3.63) is 29.3 Å². The van der Waals surface area contributed by atoms with Crippen molar-refractivity contribution in [2.24, 2.45) is 0 Å². The van der Waals surface area contributed by atoms with Gasteiger partial charge in [0.15, 0.2) is 6.10 Å². The lowest BCUT2D eigenvalue weighted by atomic mass is 9.97. The minimum Gasteiger partial charge on any atom is -0.464 e. The Labute approximate surface area is 115 Å². The predicted octanol–water partition coefficient (Wildman–Crippen LogP) is 2.47. The second kappa shape index (κ2) is 6.57. The lowest BCUT2D eigenvalue weighted by Gasteiger charge is -2.22. The summed E-state index contributed by atoms with van der Waals surface area (Å²) in [4.78, 5) is 13.6. The summed E-state index contributed by atoms with van der Waals surface area (Å²) >= 11 is 0. The maximum atomic E-state index is 11.7. The summed E-state index contributed by atoms with van der Waals surface area (Å²) in [7, 11) is 3.76. The zero-order chi connectivity index (χ0) is 14.6. The molecular formula is C15H23NO3. The van der Waals surface area contributed by atoms with Crippen LogP contribution in [-0.4, -0.2) is 31.8 Å². The Balaban J connectivity index is 3.20. The Kier molecular flexibility index (Phi) is 5.36. The topological polar surface area (TPSA) is 49.8 Å². The van der Waals surface area contributed by atoms with Crippen molar-refractivity contribution >= 4 is 11.7 Å². The fourth-order valence-corrected chi connectivity index (χ4v) is 1.91. The van der Waals surface area contributed by atoms with Crippen LogP contribution in [0.4, 0.5) is 5.69 Å². The zero-order valence-corrected chi connectivity index (χ0v) is 12.3. The van der Waals surface area contributed by atoms with Gasteiger partial charge in [0.1, 0.15) is 0 Å². The molecule has 0 saturated carbocycles. The number of aliphatic hydroxyl groups excluding tert-OH is 1. The van der Waals surface area contributed by atoms with Crippen molar-refractivity contribution in [3.63, 3.8) is 0 Å². The largest absolute Gasteiger partial charge is 0.464 e. The van der Waals surface area contributed by atoms with Gasteiger partial charge in [-0.2, -0.15) is 0 Å². The maximum absolute atomic E-state index is 11.7. The molecular weight excluding hydrogens is 242 g/mol. The molecule has 106 valence electrons. The lowest BCUT2D eigenvalue weighted by Crippen LogP contribution is -2.20. The van der Waals surface area contributed by atoms with Gasteiger partial charge in [-0.05, 0) is 24.5 Å². The number of hydrogen-bond acceptors (Lipinski definition) is 4. The quantitative estimate of drug-likeness (QED) is 0.831. The molecule has 0 aliphatic carbocycles. The molecule has 19 heavy (non-hydrogen) atoms. The number of anilines is 1. The molecule has 0 saturated heterocycles. The highest BCUT2D eigenvalue weighted by molar-refractivity contribution is 5.79. The fourth-order valence-electron chi connectivity index (χ4n) is 1.91. The first-order valence-electron chi connectivity index (χ1n) is 6.54. The van der Waals surface area contributed by atoms with Crippen LogP contribution >= 0.6 is 0 Å². The molecule has 4 heteroatoms. The SMILES string of the molecule is CCOC(=O)C(O)c1cc(C(C)C)ccc1N(C)C. The molecule has 0 aliphatic rings. The van der Waals surface area contributed by atoms with Gasteiger partial charge in [0.25, 0.3) is 0 Å². The number of ether oxygens (including phenoxy) is 1. The molecule has 0 bridgehead atoms. The molecule has 1 rings (SSSR count). The molecule has 0 heterocycles. The number of carbonyl (C=O) groups is 1. The van der Waals surface area contributed by atoms with Crippen LogP contribution < -0.4 is 4.90 Å². The number of hydrogen-bond donors (Lipinski definition) is 1. The molecule has 0 aromatic heterocycles. The van der Waals surface area contributed by atoms with Crippen LogP contribution in [0.25, 0.3) is 0 Å². The van der Waals surface area contributed by atoms with Crippen molar-refractivity contribution in [3.8, 4) is 0 Å². The van der Waals surface area contributed by atoms with Crippen LogP contribution in [0.15, 0.2) is 18.2 Å². The average Bonchev–Trinajstić information content (AvgIpc) is 2.37. The van der Waals surface area contributed by atoms with Gasteiger partial charge in [0, 0.05) is 25.3 Å². The summed E-state index contributed by atoms with van der Waals surface area (Å²) < 4.78 is 4.89. The first kappa shape index (κ1) is 15.5. The zero-order valence-electron chi connectivity index (χ0n) is 12.3. The minimum atomic E-state index is -1.24. The molecule has 1 N–H and O–H groups in total. The molecule has 1 aromatic rings. The van der Waals surface area contributed by atoms with Gasteiger partial charge in [-0.15, -0.1) is 0 Å².